The summed E-state index contributed by atoms with van der Waals surface area (Å²) in [5.74, 6) is -5.23. The normalized spacial score (nSPS) is 25.0. The number of nitrogens with two attached hydrogens (primary N) is 1. The number of primary amides is 1. The lowest BCUT2D eigenvalue weighted by Gasteiger charge is -2.43. The molecule has 6 amide bonds. The summed E-state index contributed by atoms with van der Waals surface area (Å²) >= 11 is 0. The highest BCUT2D eigenvalue weighted by Gasteiger charge is 2.55. The molecule has 78 heavy (non-hydrogen) atoms. The second-order valence-electron chi connectivity index (χ2n) is 20.6. The lowest BCUT2D eigenvalue weighted by Crippen LogP contribution is -2.55. The van der Waals surface area contributed by atoms with Gasteiger partial charge < -0.3 is 81.4 Å². The van der Waals surface area contributed by atoms with Gasteiger partial charge in [-0.1, -0.05) is 38.1 Å². The van der Waals surface area contributed by atoms with Crippen LogP contribution in [0.1, 0.15) is 107 Å². The van der Waals surface area contributed by atoms with Gasteiger partial charge in [-0.2, -0.15) is 0 Å². The second-order valence-corrected chi connectivity index (χ2v) is 20.6. The van der Waals surface area contributed by atoms with E-state index in [9.17, 15) is 48.9 Å². The largest absolute Gasteiger partial charge is 0.507 e. The summed E-state index contributed by atoms with van der Waals surface area (Å²) in [5, 5.41) is 52.9. The highest BCUT2D eigenvalue weighted by molar-refractivity contribution is 6.31. The zero-order chi connectivity index (χ0) is 56.2. The topological polar surface area (TPSA) is 337 Å². The third kappa shape index (κ3) is 11.9. The van der Waals surface area contributed by atoms with E-state index in [2.05, 4.69) is 36.8 Å². The number of nitrogens with one attached hydrogen (secondary N) is 6. The Morgan fingerprint density at radius 3 is 2.33 bits per heavy atom. The summed E-state index contributed by atoms with van der Waals surface area (Å²) in [6.07, 6.45) is -2.87. The number of aliphatic hydroxyl groups is 1. The number of hydrogen-bond donors (Lipinski definition) is 10. The Morgan fingerprint density at radius 1 is 0.910 bits per heavy atom. The molecule has 24 heteroatoms. The van der Waals surface area contributed by atoms with Crippen molar-refractivity contribution in [3.05, 3.63) is 81.4 Å². The molecular weight excluding hydrogens is 1020 g/mol. The molecule has 422 valence electrons. The molecule has 3 aromatic rings. The highest BCUT2D eigenvalue weighted by Crippen LogP contribution is 2.53. The van der Waals surface area contributed by atoms with Crippen LogP contribution in [0.15, 0.2) is 42.5 Å². The summed E-state index contributed by atoms with van der Waals surface area (Å²) in [6.45, 7) is 6.38. The first-order valence-corrected chi connectivity index (χ1v) is 26.2. The van der Waals surface area contributed by atoms with Crippen LogP contribution in [0, 0.1) is 5.92 Å². The molecule has 3 aliphatic heterocycles. The van der Waals surface area contributed by atoms with Crippen molar-refractivity contribution >= 4 is 47.1 Å². The number of phenolic OH excluding ortho intramolecular Hbond substituents is 2. The van der Waals surface area contributed by atoms with Gasteiger partial charge in [0.05, 0.1) is 48.7 Å². The fourth-order valence-electron chi connectivity index (χ4n) is 11.6. The smallest absolute Gasteiger partial charge is 0.407 e. The standard InChI is InChI=1S/C54H70N8O16/c1-26(2)41(56-4)48(68)61-34(10-8-16-58-52(55)70)47(67)60-30-14-12-28(13-15-30)25-76-53(71)59-18-17-57-51(69)54(72)23-29(21-31-22-35-46(27(3)77-31)78-49-50(74-6)75-20-19-62(35)49)37-33(24-54)43(64)39-40(44(37)65)45(66)38-32(42(39)63)9-7-11-36(38)73-5/h7,9,11-15,26-27,29,31,34-35,41,46,49-50,56,64-65,72H,8,10,16-25H2,1-6H3,(H,57,69)(H,59,71)(H,60,67)(H,61,68)(H3,55,58,70)/t27-,29-,31-,34-,35-,41-,46+,49+,50-,54+/m0/s1. The lowest BCUT2D eigenvalue weighted by atomic mass is 9.68. The highest BCUT2D eigenvalue weighted by atomic mass is 16.7. The van der Waals surface area contributed by atoms with Gasteiger partial charge >= 0.3 is 12.1 Å². The molecule has 24 nitrogen and oxygen atoms in total. The molecule has 0 bridgehead atoms. The molecule has 0 radical (unpaired) electrons. The molecule has 8 rings (SSSR count). The monoisotopic (exact) mass is 1090 g/mol. The van der Waals surface area contributed by atoms with Crippen LogP contribution in [0.5, 0.6) is 17.2 Å². The molecule has 3 heterocycles. The van der Waals surface area contributed by atoms with E-state index in [1.54, 1.807) is 38.4 Å². The van der Waals surface area contributed by atoms with Gasteiger partial charge in [0, 0.05) is 68.1 Å². The summed E-state index contributed by atoms with van der Waals surface area (Å²) in [5.41, 5.74) is 2.97. The maximum atomic E-state index is 14.3. The number of anilines is 1. The molecule has 11 N–H and O–H groups in total. The maximum Gasteiger partial charge on any atom is 0.407 e. The Kier molecular flexibility index (Phi) is 17.9. The number of rotatable bonds is 20. The average molecular weight is 1090 g/mol. The fourth-order valence-corrected chi connectivity index (χ4v) is 11.6. The van der Waals surface area contributed by atoms with Crippen LogP contribution in [0.3, 0.4) is 0 Å². The number of carbonyl (C=O) groups excluding carboxylic acids is 7. The zero-order valence-corrected chi connectivity index (χ0v) is 44.5. The van der Waals surface area contributed by atoms with E-state index in [4.69, 9.17) is 34.2 Å². The second kappa shape index (κ2) is 24.4. The minimum absolute atomic E-state index is 0.0502. The summed E-state index contributed by atoms with van der Waals surface area (Å²) in [6, 6.07) is 8.62. The third-order valence-corrected chi connectivity index (χ3v) is 15.2. The van der Waals surface area contributed by atoms with E-state index in [-0.39, 0.29) is 97.5 Å². The number of ether oxygens (including phenoxy) is 6. The predicted molar refractivity (Wildman–Crippen MR) is 278 cm³/mol. The van der Waals surface area contributed by atoms with Crippen LogP contribution in [0.2, 0.25) is 0 Å². The molecule has 0 unspecified atom stereocenters. The number of nitrogens with zero attached hydrogens (tertiary/aromatic N) is 1. The number of methoxy groups -OCH3 is 2. The quantitative estimate of drug-likeness (QED) is 0.0445. The Morgan fingerprint density at radius 2 is 1.64 bits per heavy atom. The van der Waals surface area contributed by atoms with Gasteiger partial charge in [0.2, 0.25) is 17.6 Å². The number of phenols is 2. The third-order valence-electron chi connectivity index (χ3n) is 15.2. The van der Waals surface area contributed by atoms with E-state index in [1.165, 1.54) is 25.3 Å². The van der Waals surface area contributed by atoms with Crippen LogP contribution in [0.25, 0.3) is 0 Å². The van der Waals surface area contributed by atoms with E-state index in [0.717, 1.165) is 0 Å². The number of fused-ring (bicyclic) bond motifs is 6. The summed E-state index contributed by atoms with van der Waals surface area (Å²) in [4.78, 5) is 95.2. The number of likely N-dealkylation sites (N-methyl/N-ethyl adjacent to an activating group) is 1. The van der Waals surface area contributed by atoms with E-state index in [0.29, 0.717) is 37.2 Å². The van der Waals surface area contributed by atoms with Crippen molar-refractivity contribution in [1.29, 1.82) is 0 Å². The molecule has 5 aliphatic rings. The predicted octanol–water partition coefficient (Wildman–Crippen LogP) is 1.77. The Labute approximate surface area is 450 Å². The first-order chi connectivity index (χ1) is 37.3. The molecule has 2 aliphatic carbocycles. The van der Waals surface area contributed by atoms with Crippen molar-refractivity contribution in [2.45, 2.75) is 126 Å². The van der Waals surface area contributed by atoms with Crippen molar-refractivity contribution in [2.24, 2.45) is 11.7 Å². The van der Waals surface area contributed by atoms with Gasteiger partial charge in [0.25, 0.3) is 5.91 Å². The van der Waals surface area contributed by atoms with Crippen molar-refractivity contribution in [3.8, 4) is 17.2 Å². The molecule has 3 fully saturated rings. The number of aromatic hydroxyl groups is 2. The zero-order valence-electron chi connectivity index (χ0n) is 44.5. The number of urea groups is 1. The van der Waals surface area contributed by atoms with Gasteiger partial charge in [-0.25, -0.2) is 9.59 Å². The lowest BCUT2D eigenvalue weighted by molar-refractivity contribution is -0.246. The number of ketones is 2. The van der Waals surface area contributed by atoms with Gasteiger partial charge in [0.15, 0.2) is 18.3 Å². The van der Waals surface area contributed by atoms with Gasteiger partial charge in [-0.05, 0) is 81.7 Å². The van der Waals surface area contributed by atoms with Crippen LogP contribution in [0.4, 0.5) is 15.3 Å². The van der Waals surface area contributed by atoms with Gasteiger partial charge in [-0.15, -0.1) is 0 Å². The molecule has 3 aromatic carbocycles. The van der Waals surface area contributed by atoms with Crippen molar-refractivity contribution < 1.29 is 77.3 Å². The molecule has 0 saturated carbocycles. The minimum atomic E-state index is -2.23. The number of hydrogen-bond acceptors (Lipinski definition) is 18. The Balaban J connectivity index is 0.911. The SMILES string of the molecule is CN[C@H](C(=O)N[C@@H](CCCNC(N)=O)C(=O)Nc1ccc(COC(=O)NCCNC(=O)[C@]2(O)Cc3c(O)c4c(c(O)c3[C@@H](C[C@H]3C[C@H]5[C@H](O[C@@H]6[C@@H](OC)OCCN65)[C@H](C)O3)C2)C(=O)c2c(OC)cccc2C4=O)cc1)C(C)C. The van der Waals surface area contributed by atoms with Gasteiger partial charge in [-0.3, -0.25) is 28.9 Å². The van der Waals surface area contributed by atoms with Crippen molar-refractivity contribution in [2.75, 3.05) is 59.4 Å². The molecule has 0 aromatic heterocycles. The molecular formula is C54H70N8O16. The molecule has 0 spiro atoms. The number of carbonyl (C=O) groups is 7. The number of benzene rings is 3. The maximum absolute atomic E-state index is 14.3. The first kappa shape index (κ1) is 57.3. The van der Waals surface area contributed by atoms with Crippen LogP contribution in [-0.4, -0.2) is 170 Å². The minimum Gasteiger partial charge on any atom is -0.507 e. The van der Waals surface area contributed by atoms with Crippen molar-refractivity contribution in [1.82, 2.24) is 31.5 Å². The number of morpholine rings is 1. The summed E-state index contributed by atoms with van der Waals surface area (Å²) < 4.78 is 35.1. The molecule has 3 saturated heterocycles. The summed E-state index contributed by atoms with van der Waals surface area (Å²) in [7, 11) is 4.55. The van der Waals surface area contributed by atoms with Crippen molar-refractivity contribution in [3.63, 3.8) is 0 Å². The Bertz CT molecular complexity index is 2780. The average Bonchev–Trinajstić information content (AvgIpc) is 3.91. The Hall–Kier alpha value is -6.93. The van der Waals surface area contributed by atoms with E-state index < -0.39 is 113 Å². The number of amides is 6. The van der Waals surface area contributed by atoms with E-state index in [1.807, 2.05) is 20.8 Å². The van der Waals surface area contributed by atoms with Gasteiger partial charge in [0.1, 0.15) is 41.6 Å². The fraction of sp³-hybridized carbons (Fsp3) is 0.537. The van der Waals surface area contributed by atoms with Crippen LogP contribution >= 0.6 is 0 Å². The molecule has 10 atom stereocenters. The number of alkyl carbamates (subject to hydrolysis) is 1. The van der Waals surface area contributed by atoms with E-state index >= 15 is 0 Å². The van der Waals surface area contributed by atoms with Crippen LogP contribution < -0.4 is 42.4 Å². The first-order valence-electron chi connectivity index (χ1n) is 26.2. The van der Waals surface area contributed by atoms with Crippen LogP contribution in [-0.2, 0) is 51.1 Å².